The molecule has 3 heterocycles. The first-order valence-corrected chi connectivity index (χ1v) is 8.31. The predicted molar refractivity (Wildman–Crippen MR) is 90.6 cm³/mol. The fraction of sp³-hybridized carbons (Fsp3) is 0.938. The monoisotopic (exact) mass is 351 g/mol. The number of carbonyl (C=O) groups is 1. The van der Waals surface area contributed by atoms with Crippen molar-refractivity contribution in [2.45, 2.75) is 69.5 Å². The van der Waals surface area contributed by atoms with Crippen LogP contribution in [0.5, 0.6) is 0 Å². The Balaban J connectivity index is 0.00000121. The summed E-state index contributed by atoms with van der Waals surface area (Å²) in [6.45, 7) is 1.77. The Morgan fingerprint density at radius 3 is 2.32 bits per heavy atom. The SMILES string of the molecule is CN1C2CCC1CC(C1CCCCN1CCC(=O)[O-])C2.Cl.Cl. The van der Waals surface area contributed by atoms with E-state index < -0.39 is 5.97 Å². The second-order valence-corrected chi connectivity index (χ2v) is 7.00. The van der Waals surface area contributed by atoms with Gasteiger partial charge >= 0.3 is 0 Å². The number of hydrogen-bond donors (Lipinski definition) is 0. The number of hydrogen-bond acceptors (Lipinski definition) is 4. The van der Waals surface area contributed by atoms with Crippen LogP contribution in [-0.2, 0) is 4.79 Å². The van der Waals surface area contributed by atoms with Gasteiger partial charge in [0.25, 0.3) is 0 Å². The summed E-state index contributed by atoms with van der Waals surface area (Å²) < 4.78 is 0. The molecule has 6 heteroatoms. The third-order valence-electron chi connectivity index (χ3n) is 5.95. The molecule has 4 nitrogen and oxygen atoms in total. The molecular formula is C16H29Cl2N2O2-. The predicted octanol–water partition coefficient (Wildman–Crippen LogP) is 1.70. The van der Waals surface area contributed by atoms with Crippen molar-refractivity contribution in [2.75, 3.05) is 20.1 Å². The maximum atomic E-state index is 10.7. The Kier molecular flexibility index (Phi) is 7.93. The van der Waals surface area contributed by atoms with E-state index in [2.05, 4.69) is 16.8 Å². The number of fused-ring (bicyclic) bond motifs is 2. The average molecular weight is 352 g/mol. The lowest BCUT2D eigenvalue weighted by Crippen LogP contribution is -2.51. The third-order valence-corrected chi connectivity index (χ3v) is 5.95. The molecule has 3 saturated heterocycles. The van der Waals surface area contributed by atoms with Crippen molar-refractivity contribution in [3.63, 3.8) is 0 Å². The lowest BCUT2D eigenvalue weighted by atomic mass is 9.80. The highest BCUT2D eigenvalue weighted by Gasteiger charge is 2.42. The number of carboxylic acid groups (broad SMARTS) is 1. The topological polar surface area (TPSA) is 46.6 Å². The Morgan fingerprint density at radius 1 is 1.09 bits per heavy atom. The van der Waals surface area contributed by atoms with Crippen molar-refractivity contribution in [3.8, 4) is 0 Å². The van der Waals surface area contributed by atoms with Crippen LogP contribution in [0.15, 0.2) is 0 Å². The number of likely N-dealkylation sites (tertiary alicyclic amines) is 1. The zero-order chi connectivity index (χ0) is 14.1. The molecule has 0 N–H and O–H groups in total. The van der Waals surface area contributed by atoms with E-state index >= 15 is 0 Å². The summed E-state index contributed by atoms with van der Waals surface area (Å²) in [6, 6.07) is 2.19. The van der Waals surface area contributed by atoms with Crippen LogP contribution in [0.4, 0.5) is 0 Å². The van der Waals surface area contributed by atoms with Crippen LogP contribution < -0.4 is 5.11 Å². The smallest absolute Gasteiger partial charge is 0.0427 e. The quantitative estimate of drug-likeness (QED) is 0.773. The summed E-state index contributed by atoms with van der Waals surface area (Å²) in [4.78, 5) is 15.8. The number of piperidine rings is 2. The molecule has 2 bridgehead atoms. The van der Waals surface area contributed by atoms with E-state index in [0.717, 1.165) is 24.5 Å². The van der Waals surface area contributed by atoms with Crippen LogP contribution in [0.25, 0.3) is 0 Å². The van der Waals surface area contributed by atoms with E-state index in [1.807, 2.05) is 0 Å². The molecule has 0 saturated carbocycles. The number of carbonyl (C=O) groups excluding carboxylic acids is 1. The normalized spacial score (nSPS) is 35.5. The Bertz CT molecular complexity index is 356. The maximum absolute atomic E-state index is 10.7. The van der Waals surface area contributed by atoms with Gasteiger partial charge in [-0.05, 0) is 64.5 Å². The standard InChI is InChI=1S/C16H28N2O2.2ClH/c1-17-13-5-6-14(17)11-12(10-13)15-4-2-3-8-18(15)9-7-16(19)20;;/h12-15H,2-11H2,1H3,(H,19,20);2*1H/p-1. The zero-order valence-corrected chi connectivity index (χ0v) is 15.0. The van der Waals surface area contributed by atoms with E-state index in [1.165, 1.54) is 44.9 Å². The van der Waals surface area contributed by atoms with E-state index in [9.17, 15) is 9.90 Å². The molecule has 22 heavy (non-hydrogen) atoms. The molecule has 3 atom stereocenters. The summed E-state index contributed by atoms with van der Waals surface area (Å²) in [5, 5.41) is 10.7. The van der Waals surface area contributed by atoms with E-state index in [4.69, 9.17) is 0 Å². The van der Waals surface area contributed by atoms with Crippen LogP contribution >= 0.6 is 24.8 Å². The van der Waals surface area contributed by atoms with Crippen molar-refractivity contribution in [1.82, 2.24) is 9.80 Å². The lowest BCUT2D eigenvalue weighted by molar-refractivity contribution is -0.306. The highest BCUT2D eigenvalue weighted by molar-refractivity contribution is 5.85. The van der Waals surface area contributed by atoms with Crippen LogP contribution in [0, 0.1) is 5.92 Å². The molecule has 0 aromatic heterocycles. The minimum atomic E-state index is -0.905. The van der Waals surface area contributed by atoms with Gasteiger partial charge in [-0.25, -0.2) is 0 Å². The highest BCUT2D eigenvalue weighted by Crippen LogP contribution is 2.41. The van der Waals surface area contributed by atoms with Gasteiger partial charge in [0.15, 0.2) is 0 Å². The summed E-state index contributed by atoms with van der Waals surface area (Å²) in [5.74, 6) is -0.122. The van der Waals surface area contributed by atoms with Crippen molar-refractivity contribution < 1.29 is 9.90 Å². The second-order valence-electron chi connectivity index (χ2n) is 7.00. The fourth-order valence-electron chi connectivity index (χ4n) is 4.83. The Labute approximate surface area is 146 Å². The van der Waals surface area contributed by atoms with E-state index in [1.54, 1.807) is 0 Å². The first-order chi connectivity index (χ1) is 9.65. The molecule has 3 aliphatic rings. The number of rotatable bonds is 4. The van der Waals surface area contributed by atoms with Crippen molar-refractivity contribution in [3.05, 3.63) is 0 Å². The summed E-state index contributed by atoms with van der Waals surface area (Å²) in [5.41, 5.74) is 0. The fourth-order valence-corrected chi connectivity index (χ4v) is 4.83. The van der Waals surface area contributed by atoms with Crippen LogP contribution in [0.1, 0.15) is 51.4 Å². The van der Waals surface area contributed by atoms with Crippen molar-refractivity contribution in [2.24, 2.45) is 5.92 Å². The second kappa shape index (κ2) is 8.72. The molecule has 3 unspecified atom stereocenters. The lowest BCUT2D eigenvalue weighted by Gasteiger charge is -2.46. The zero-order valence-electron chi connectivity index (χ0n) is 13.4. The van der Waals surface area contributed by atoms with Crippen molar-refractivity contribution in [1.29, 1.82) is 0 Å². The Hall–Kier alpha value is -0.0300. The van der Waals surface area contributed by atoms with Gasteiger partial charge in [0, 0.05) is 30.6 Å². The van der Waals surface area contributed by atoms with Gasteiger partial charge in [-0.15, -0.1) is 24.8 Å². The molecule has 0 aromatic carbocycles. The Morgan fingerprint density at radius 2 is 1.73 bits per heavy atom. The van der Waals surface area contributed by atoms with E-state index in [-0.39, 0.29) is 31.2 Å². The van der Waals surface area contributed by atoms with Gasteiger partial charge in [0.1, 0.15) is 0 Å². The molecule has 130 valence electrons. The first kappa shape index (κ1) is 20.0. The summed E-state index contributed by atoms with van der Waals surface area (Å²) in [6.07, 6.45) is 9.36. The molecule has 0 radical (unpaired) electrons. The van der Waals surface area contributed by atoms with Crippen LogP contribution in [-0.4, -0.2) is 54.0 Å². The molecule has 0 aliphatic carbocycles. The molecule has 0 aromatic rings. The van der Waals surface area contributed by atoms with Crippen LogP contribution in [0.2, 0.25) is 0 Å². The number of aliphatic carboxylic acids is 1. The number of halogens is 2. The molecule has 0 spiro atoms. The maximum Gasteiger partial charge on any atom is 0.0427 e. The number of carboxylic acids is 1. The van der Waals surface area contributed by atoms with Gasteiger partial charge < -0.3 is 14.8 Å². The number of nitrogens with zero attached hydrogens (tertiary/aromatic N) is 2. The van der Waals surface area contributed by atoms with Gasteiger partial charge in [0.2, 0.25) is 0 Å². The molecule has 0 amide bonds. The van der Waals surface area contributed by atoms with Gasteiger partial charge in [-0.1, -0.05) is 6.42 Å². The molecule has 3 rings (SSSR count). The van der Waals surface area contributed by atoms with E-state index in [0.29, 0.717) is 12.6 Å². The summed E-state index contributed by atoms with van der Waals surface area (Å²) in [7, 11) is 2.29. The third kappa shape index (κ3) is 4.28. The van der Waals surface area contributed by atoms with Gasteiger partial charge in [-0.3, -0.25) is 4.90 Å². The highest BCUT2D eigenvalue weighted by atomic mass is 35.5. The van der Waals surface area contributed by atoms with Crippen molar-refractivity contribution >= 4 is 30.8 Å². The minimum absolute atomic E-state index is 0. The molecule has 3 aliphatic heterocycles. The first-order valence-electron chi connectivity index (χ1n) is 8.31. The molecular weight excluding hydrogens is 323 g/mol. The molecule has 3 fully saturated rings. The average Bonchev–Trinajstić information content (AvgIpc) is 2.67. The van der Waals surface area contributed by atoms with Crippen LogP contribution in [0.3, 0.4) is 0 Å². The van der Waals surface area contributed by atoms with Gasteiger partial charge in [-0.2, -0.15) is 0 Å². The van der Waals surface area contributed by atoms with Gasteiger partial charge in [0.05, 0.1) is 0 Å². The largest absolute Gasteiger partial charge is 0.550 e. The minimum Gasteiger partial charge on any atom is -0.550 e. The summed E-state index contributed by atoms with van der Waals surface area (Å²) >= 11 is 0.